The van der Waals surface area contributed by atoms with Crippen molar-refractivity contribution in [3.05, 3.63) is 89.5 Å². The quantitative estimate of drug-likeness (QED) is 0.174. The number of carbonyl (C=O) groups excluding carboxylic acids is 4. The number of primary amides is 1. The van der Waals surface area contributed by atoms with Crippen molar-refractivity contribution in [2.45, 2.75) is 58.4 Å². The molecule has 9 nitrogen and oxygen atoms in total. The van der Waals surface area contributed by atoms with Gasteiger partial charge in [0.1, 0.15) is 6.61 Å². The number of urea groups is 1. The Morgan fingerprint density at radius 2 is 1.50 bits per heavy atom. The molecular weight excluding hydrogens is 556 g/mol. The van der Waals surface area contributed by atoms with Crippen LogP contribution in [-0.2, 0) is 20.7 Å². The van der Waals surface area contributed by atoms with E-state index in [1.54, 1.807) is 0 Å². The maximum absolute atomic E-state index is 13.6. The third kappa shape index (κ3) is 8.24. The predicted molar refractivity (Wildman–Crippen MR) is 171 cm³/mol. The molecule has 0 unspecified atom stereocenters. The van der Waals surface area contributed by atoms with E-state index in [-0.39, 0.29) is 43.1 Å². The van der Waals surface area contributed by atoms with Crippen molar-refractivity contribution < 1.29 is 23.9 Å². The third-order valence-corrected chi connectivity index (χ3v) is 8.11. The highest BCUT2D eigenvalue weighted by molar-refractivity contribution is 5.97. The van der Waals surface area contributed by atoms with Gasteiger partial charge >= 0.3 is 12.1 Å². The zero-order valence-electron chi connectivity index (χ0n) is 25.6. The topological polar surface area (TPSA) is 140 Å². The molecule has 0 saturated heterocycles. The van der Waals surface area contributed by atoms with Crippen molar-refractivity contribution >= 4 is 29.5 Å². The van der Waals surface area contributed by atoms with E-state index in [0.29, 0.717) is 18.5 Å². The van der Waals surface area contributed by atoms with E-state index in [0.717, 1.165) is 34.2 Å². The summed E-state index contributed by atoms with van der Waals surface area (Å²) in [4.78, 5) is 51.0. The minimum Gasteiger partial charge on any atom is -0.449 e. The van der Waals surface area contributed by atoms with Gasteiger partial charge in [-0.3, -0.25) is 9.59 Å². The summed E-state index contributed by atoms with van der Waals surface area (Å²) in [6.45, 7) is 6.15. The minimum absolute atomic E-state index is 0.0814. The first-order valence-corrected chi connectivity index (χ1v) is 15.2. The largest absolute Gasteiger partial charge is 0.449 e. The molecule has 0 radical (unpaired) electrons. The van der Waals surface area contributed by atoms with Crippen molar-refractivity contribution in [3.63, 3.8) is 0 Å². The van der Waals surface area contributed by atoms with Gasteiger partial charge in [-0.2, -0.15) is 0 Å². The molecule has 9 heteroatoms. The summed E-state index contributed by atoms with van der Waals surface area (Å²) in [5, 5.41) is 8.19. The lowest BCUT2D eigenvalue weighted by molar-refractivity contribution is -0.128. The first-order valence-electron chi connectivity index (χ1n) is 15.2. The van der Waals surface area contributed by atoms with E-state index >= 15 is 0 Å². The number of ether oxygens (including phenoxy) is 1. The Hall–Kier alpha value is -4.66. The summed E-state index contributed by atoms with van der Waals surface area (Å²) in [5.74, 6) is -1.57. The molecule has 232 valence electrons. The van der Waals surface area contributed by atoms with Crippen LogP contribution in [0, 0.1) is 11.8 Å². The van der Waals surface area contributed by atoms with Gasteiger partial charge in [-0.1, -0.05) is 81.4 Å². The zero-order chi connectivity index (χ0) is 31.6. The molecule has 0 aliphatic heterocycles. The van der Waals surface area contributed by atoms with Crippen molar-refractivity contribution in [1.82, 2.24) is 10.6 Å². The third-order valence-electron chi connectivity index (χ3n) is 8.11. The van der Waals surface area contributed by atoms with Crippen LogP contribution in [0.25, 0.3) is 11.1 Å². The number of nitrogens with two attached hydrogens (primary N) is 1. The smallest absolute Gasteiger partial charge is 0.407 e. The predicted octanol–water partition coefficient (Wildman–Crippen LogP) is 5.77. The fourth-order valence-electron chi connectivity index (χ4n) is 5.71. The summed E-state index contributed by atoms with van der Waals surface area (Å²) in [7, 11) is 0. The molecular formula is C35H42N4O5. The van der Waals surface area contributed by atoms with Gasteiger partial charge in [-0.25, -0.2) is 9.59 Å². The monoisotopic (exact) mass is 598 g/mol. The molecule has 3 aromatic rings. The van der Waals surface area contributed by atoms with E-state index in [2.05, 4.69) is 35.0 Å². The van der Waals surface area contributed by atoms with Gasteiger partial charge in [0.25, 0.3) is 0 Å². The molecule has 5 N–H and O–H groups in total. The van der Waals surface area contributed by atoms with Gasteiger partial charge < -0.3 is 26.4 Å². The van der Waals surface area contributed by atoms with Crippen molar-refractivity contribution in [3.8, 4) is 11.1 Å². The Morgan fingerprint density at radius 1 is 0.886 bits per heavy atom. The number of alkyl carbamates (subject to hydrolysis) is 1. The molecule has 0 fully saturated rings. The SMILES string of the molecule is CCc1ccc(NC(=O)[C@H](CCCNC(N)=O)CC(=O)[C@@H](NC(=O)OCC2c3ccccc3-c3ccccc32)C(C)C)cc1. The van der Waals surface area contributed by atoms with Crippen LogP contribution in [0.2, 0.25) is 0 Å². The van der Waals surface area contributed by atoms with Crippen LogP contribution in [0.15, 0.2) is 72.8 Å². The minimum atomic E-state index is -0.839. The molecule has 0 aromatic heterocycles. The van der Waals surface area contributed by atoms with Crippen LogP contribution in [0.1, 0.15) is 62.6 Å². The van der Waals surface area contributed by atoms with E-state index in [9.17, 15) is 19.2 Å². The second-order valence-electron chi connectivity index (χ2n) is 11.5. The molecule has 3 aromatic carbocycles. The lowest BCUT2D eigenvalue weighted by Crippen LogP contribution is -2.46. The Kier molecular flexibility index (Phi) is 11.1. The second-order valence-corrected chi connectivity index (χ2v) is 11.5. The lowest BCUT2D eigenvalue weighted by Gasteiger charge is -2.24. The van der Waals surface area contributed by atoms with Crippen LogP contribution in [0.3, 0.4) is 0 Å². The van der Waals surface area contributed by atoms with Crippen molar-refractivity contribution in [2.24, 2.45) is 17.6 Å². The number of anilines is 1. The molecule has 1 aliphatic rings. The number of amides is 4. The van der Waals surface area contributed by atoms with E-state index in [1.165, 1.54) is 0 Å². The molecule has 2 atom stereocenters. The van der Waals surface area contributed by atoms with E-state index in [1.807, 2.05) is 74.5 Å². The molecule has 0 spiro atoms. The number of fused-ring (bicyclic) bond motifs is 3. The second kappa shape index (κ2) is 15.2. The average molecular weight is 599 g/mol. The highest BCUT2D eigenvalue weighted by Gasteiger charge is 2.32. The fourth-order valence-corrected chi connectivity index (χ4v) is 5.71. The maximum Gasteiger partial charge on any atom is 0.407 e. The number of aryl methyl sites for hydroxylation is 1. The number of carbonyl (C=O) groups is 4. The van der Waals surface area contributed by atoms with Crippen LogP contribution in [0.4, 0.5) is 15.3 Å². The summed E-state index contributed by atoms with van der Waals surface area (Å²) < 4.78 is 5.69. The van der Waals surface area contributed by atoms with Crippen LogP contribution in [-0.4, -0.2) is 43.0 Å². The maximum atomic E-state index is 13.6. The molecule has 0 bridgehead atoms. The first kappa shape index (κ1) is 32.3. The van der Waals surface area contributed by atoms with E-state index in [4.69, 9.17) is 10.5 Å². The van der Waals surface area contributed by atoms with Crippen molar-refractivity contribution in [1.29, 1.82) is 0 Å². The summed E-state index contributed by atoms with van der Waals surface area (Å²) >= 11 is 0. The number of rotatable bonds is 14. The van der Waals surface area contributed by atoms with Gasteiger partial charge in [-0.15, -0.1) is 0 Å². The molecule has 0 saturated carbocycles. The normalized spacial score (nSPS) is 13.4. The Labute approximate surface area is 258 Å². The van der Waals surface area contributed by atoms with E-state index < -0.39 is 24.1 Å². The first-order chi connectivity index (χ1) is 21.2. The Morgan fingerprint density at radius 3 is 2.07 bits per heavy atom. The lowest BCUT2D eigenvalue weighted by atomic mass is 9.89. The van der Waals surface area contributed by atoms with Crippen LogP contribution in [0.5, 0.6) is 0 Å². The van der Waals surface area contributed by atoms with Crippen LogP contribution < -0.4 is 21.7 Å². The molecule has 44 heavy (non-hydrogen) atoms. The van der Waals surface area contributed by atoms with Gasteiger partial charge in [0.15, 0.2) is 5.78 Å². The Balaban J connectivity index is 1.40. The molecule has 0 heterocycles. The zero-order valence-corrected chi connectivity index (χ0v) is 25.6. The molecule has 4 amide bonds. The van der Waals surface area contributed by atoms with Gasteiger partial charge in [0.2, 0.25) is 5.91 Å². The number of nitrogens with one attached hydrogen (secondary N) is 3. The Bertz CT molecular complexity index is 1420. The van der Waals surface area contributed by atoms with Crippen molar-refractivity contribution in [2.75, 3.05) is 18.5 Å². The van der Waals surface area contributed by atoms with Gasteiger partial charge in [0, 0.05) is 30.5 Å². The number of hydrogen-bond acceptors (Lipinski definition) is 5. The summed E-state index contributed by atoms with van der Waals surface area (Å²) in [5.41, 5.74) is 11.4. The standard InChI is InChI=1S/C35H42N4O5/c1-4-23-15-17-25(18-16-23)38-33(41)24(10-9-19-37-34(36)42)20-31(40)32(22(2)3)39-35(43)44-21-30-28-13-7-5-11-26(28)27-12-6-8-14-29(27)30/h5-8,11-18,22,24,30,32H,4,9-10,19-21H2,1-3H3,(H,38,41)(H,39,43)(H3,36,37,42)/t24-,32+/m1/s1. The van der Waals surface area contributed by atoms with Gasteiger partial charge in [-0.05, 0) is 65.1 Å². The molecule has 1 aliphatic carbocycles. The highest BCUT2D eigenvalue weighted by atomic mass is 16.5. The summed E-state index contributed by atoms with van der Waals surface area (Å²) in [6.07, 6.45) is 0.921. The summed E-state index contributed by atoms with van der Waals surface area (Å²) in [6, 6.07) is 22.2. The average Bonchev–Trinajstić information content (AvgIpc) is 3.33. The van der Waals surface area contributed by atoms with Crippen LogP contribution >= 0.6 is 0 Å². The number of benzene rings is 3. The fraction of sp³-hybridized carbons (Fsp3) is 0.371. The highest BCUT2D eigenvalue weighted by Crippen LogP contribution is 2.44. The number of Topliss-reactive ketones (excluding diaryl/α,β-unsaturated/α-hetero) is 1. The number of ketones is 1. The number of hydrogen-bond donors (Lipinski definition) is 4. The molecule has 4 rings (SSSR count). The van der Waals surface area contributed by atoms with Gasteiger partial charge in [0.05, 0.1) is 6.04 Å².